The number of nitrogens with one attached hydrogen (secondary N) is 2. The number of furan rings is 1. The molecule has 0 fully saturated rings. The molecule has 0 bridgehead atoms. The number of pyridine rings is 1. The Morgan fingerprint density at radius 3 is 2.65 bits per heavy atom. The summed E-state index contributed by atoms with van der Waals surface area (Å²) in [6, 6.07) is 18.9. The summed E-state index contributed by atoms with van der Waals surface area (Å²) in [5.74, 6) is 1.53. The molecule has 4 aromatic rings. The van der Waals surface area contributed by atoms with E-state index < -0.39 is 0 Å². The summed E-state index contributed by atoms with van der Waals surface area (Å²) >= 11 is 1.57. The third-order valence-electron chi connectivity index (χ3n) is 4.85. The summed E-state index contributed by atoms with van der Waals surface area (Å²) in [5.41, 5.74) is 2.00. The molecular weight excluding hydrogens is 410 g/mol. The number of thiophene rings is 1. The van der Waals surface area contributed by atoms with Gasteiger partial charge in [0.15, 0.2) is 5.76 Å². The zero-order valence-electron chi connectivity index (χ0n) is 17.3. The smallest absolute Gasteiger partial charge is 0.291 e. The van der Waals surface area contributed by atoms with E-state index in [1.54, 1.807) is 36.8 Å². The van der Waals surface area contributed by atoms with Crippen LogP contribution in [0.15, 0.2) is 77.5 Å². The van der Waals surface area contributed by atoms with Gasteiger partial charge >= 0.3 is 0 Å². The minimum atomic E-state index is -0.276. The number of carbonyl (C=O) groups excluding carboxylic acids is 1. The zero-order chi connectivity index (χ0) is 21.6. The van der Waals surface area contributed by atoms with Crippen LogP contribution in [0.5, 0.6) is 5.75 Å². The fourth-order valence-electron chi connectivity index (χ4n) is 3.25. The predicted molar refractivity (Wildman–Crippen MR) is 123 cm³/mol. The highest BCUT2D eigenvalue weighted by Gasteiger charge is 2.23. The van der Waals surface area contributed by atoms with Crippen molar-refractivity contribution in [2.45, 2.75) is 19.4 Å². The maximum atomic E-state index is 12.7. The molecular formula is C24H23N3O3S. The molecule has 0 spiro atoms. The maximum absolute atomic E-state index is 12.7. The van der Waals surface area contributed by atoms with Gasteiger partial charge in [0.1, 0.15) is 16.6 Å². The lowest BCUT2D eigenvalue weighted by atomic mass is 9.99. The summed E-state index contributed by atoms with van der Waals surface area (Å²) in [6.45, 7) is 2.10. The topological polar surface area (TPSA) is 76.4 Å². The highest BCUT2D eigenvalue weighted by molar-refractivity contribution is 7.16. The van der Waals surface area contributed by atoms with Crippen molar-refractivity contribution in [1.82, 2.24) is 4.98 Å². The Hall–Kier alpha value is -3.58. The van der Waals surface area contributed by atoms with Crippen LogP contribution in [0.4, 0.5) is 10.8 Å². The van der Waals surface area contributed by atoms with Gasteiger partial charge < -0.3 is 19.8 Å². The lowest BCUT2D eigenvalue weighted by molar-refractivity contribution is 0.0997. The normalized spacial score (nSPS) is 11.7. The lowest BCUT2D eigenvalue weighted by Crippen LogP contribution is -2.16. The summed E-state index contributed by atoms with van der Waals surface area (Å²) in [5, 5.41) is 7.32. The van der Waals surface area contributed by atoms with Crippen LogP contribution >= 0.6 is 11.3 Å². The van der Waals surface area contributed by atoms with E-state index in [2.05, 4.69) is 28.6 Å². The molecule has 7 heteroatoms. The second kappa shape index (κ2) is 9.49. The molecule has 6 nitrogen and oxygen atoms in total. The average Bonchev–Trinajstić information content (AvgIpc) is 3.49. The lowest BCUT2D eigenvalue weighted by Gasteiger charge is -2.21. The number of hydrogen-bond acceptors (Lipinski definition) is 6. The van der Waals surface area contributed by atoms with E-state index in [1.165, 1.54) is 11.1 Å². The summed E-state index contributed by atoms with van der Waals surface area (Å²) < 4.78 is 10.6. The molecule has 1 atom stereocenters. The van der Waals surface area contributed by atoms with E-state index in [0.717, 1.165) is 34.1 Å². The van der Waals surface area contributed by atoms with Crippen LogP contribution in [0.3, 0.4) is 0 Å². The number of ether oxygens (including phenoxy) is 1. The number of rotatable bonds is 8. The second-order valence-electron chi connectivity index (χ2n) is 6.85. The van der Waals surface area contributed by atoms with Crippen LogP contribution in [0, 0.1) is 0 Å². The largest absolute Gasteiger partial charge is 0.497 e. The number of hydrogen-bond donors (Lipinski definition) is 2. The standard InChI is InChI=1S/C24H23N3O3S/c1-3-18-15-19(24(31-18)27-23(28)20-7-6-14-30-20)22(26-21-8-4-5-13-25-21)16-9-11-17(29-2)12-10-16/h4-15,22H,3H2,1-2H3,(H,25,26)(H,27,28). The molecule has 1 amide bonds. The van der Waals surface area contributed by atoms with E-state index in [-0.39, 0.29) is 17.7 Å². The quantitative estimate of drug-likeness (QED) is 0.369. The van der Waals surface area contributed by atoms with Crippen molar-refractivity contribution >= 4 is 28.1 Å². The van der Waals surface area contributed by atoms with Gasteiger partial charge in [-0.3, -0.25) is 4.79 Å². The van der Waals surface area contributed by atoms with Crippen molar-refractivity contribution in [1.29, 1.82) is 0 Å². The van der Waals surface area contributed by atoms with Crippen molar-refractivity contribution in [3.8, 4) is 5.75 Å². The number of amides is 1. The van der Waals surface area contributed by atoms with Gasteiger partial charge in [0.25, 0.3) is 5.91 Å². The van der Waals surface area contributed by atoms with Crippen LogP contribution in [-0.4, -0.2) is 18.0 Å². The third-order valence-corrected chi connectivity index (χ3v) is 6.06. The molecule has 0 saturated carbocycles. The SMILES string of the molecule is CCc1cc(C(Nc2ccccn2)c2ccc(OC)cc2)c(NC(=O)c2ccco2)s1. The molecule has 1 aromatic carbocycles. The summed E-state index contributed by atoms with van der Waals surface area (Å²) in [6.07, 6.45) is 4.11. The van der Waals surface area contributed by atoms with Crippen LogP contribution < -0.4 is 15.4 Å². The van der Waals surface area contributed by atoms with Crippen molar-refractivity contribution < 1.29 is 13.9 Å². The predicted octanol–water partition coefficient (Wildman–Crippen LogP) is 5.76. The van der Waals surface area contributed by atoms with Crippen LogP contribution in [0.25, 0.3) is 0 Å². The number of aryl methyl sites for hydroxylation is 1. The molecule has 31 heavy (non-hydrogen) atoms. The molecule has 0 radical (unpaired) electrons. The molecule has 0 aliphatic rings. The van der Waals surface area contributed by atoms with Gasteiger partial charge in [0, 0.05) is 16.6 Å². The Morgan fingerprint density at radius 2 is 2.00 bits per heavy atom. The first-order valence-electron chi connectivity index (χ1n) is 9.97. The summed E-state index contributed by atoms with van der Waals surface area (Å²) in [7, 11) is 1.65. The monoisotopic (exact) mass is 433 g/mol. The molecule has 2 N–H and O–H groups in total. The molecule has 1 unspecified atom stereocenters. The van der Waals surface area contributed by atoms with Gasteiger partial charge in [0.05, 0.1) is 19.4 Å². The van der Waals surface area contributed by atoms with Crippen LogP contribution in [-0.2, 0) is 6.42 Å². The van der Waals surface area contributed by atoms with Crippen molar-refractivity contribution in [3.05, 3.63) is 94.9 Å². The Morgan fingerprint density at radius 1 is 1.16 bits per heavy atom. The molecule has 0 saturated heterocycles. The van der Waals surface area contributed by atoms with Gasteiger partial charge in [-0.25, -0.2) is 4.98 Å². The molecule has 3 aromatic heterocycles. The van der Waals surface area contributed by atoms with E-state index in [0.29, 0.717) is 0 Å². The molecule has 0 aliphatic carbocycles. The number of methoxy groups -OCH3 is 1. The molecule has 0 aliphatic heterocycles. The minimum Gasteiger partial charge on any atom is -0.497 e. The molecule has 4 rings (SSSR count). The highest BCUT2D eigenvalue weighted by atomic mass is 32.1. The first-order chi connectivity index (χ1) is 15.2. The first kappa shape index (κ1) is 20.7. The minimum absolute atomic E-state index is 0.218. The van der Waals surface area contributed by atoms with Gasteiger partial charge in [-0.05, 0) is 54.4 Å². The maximum Gasteiger partial charge on any atom is 0.291 e. The van der Waals surface area contributed by atoms with Crippen LogP contribution in [0.2, 0.25) is 0 Å². The third kappa shape index (κ3) is 4.78. The van der Waals surface area contributed by atoms with Crippen molar-refractivity contribution in [3.63, 3.8) is 0 Å². The van der Waals surface area contributed by atoms with Gasteiger partial charge in [0.2, 0.25) is 0 Å². The number of anilines is 2. The molecule has 158 valence electrons. The Labute approximate surface area is 184 Å². The van der Waals surface area contributed by atoms with E-state index in [9.17, 15) is 4.79 Å². The van der Waals surface area contributed by atoms with Gasteiger partial charge in [-0.1, -0.05) is 25.1 Å². The fourth-order valence-corrected chi connectivity index (χ4v) is 4.28. The van der Waals surface area contributed by atoms with Crippen molar-refractivity contribution in [2.24, 2.45) is 0 Å². The highest BCUT2D eigenvalue weighted by Crippen LogP contribution is 2.38. The summed E-state index contributed by atoms with van der Waals surface area (Å²) in [4.78, 5) is 18.3. The number of nitrogens with zero attached hydrogens (tertiary/aromatic N) is 1. The second-order valence-corrected chi connectivity index (χ2v) is 7.98. The van der Waals surface area contributed by atoms with Gasteiger partial charge in [-0.2, -0.15) is 0 Å². The fraction of sp³-hybridized carbons (Fsp3) is 0.167. The number of carbonyl (C=O) groups is 1. The van der Waals surface area contributed by atoms with Crippen molar-refractivity contribution in [2.75, 3.05) is 17.7 Å². The van der Waals surface area contributed by atoms with E-state index in [1.807, 2.05) is 42.5 Å². The average molecular weight is 434 g/mol. The zero-order valence-corrected chi connectivity index (χ0v) is 18.1. The Kier molecular flexibility index (Phi) is 6.33. The first-order valence-corrected chi connectivity index (χ1v) is 10.8. The molecule has 3 heterocycles. The van der Waals surface area contributed by atoms with E-state index in [4.69, 9.17) is 9.15 Å². The van der Waals surface area contributed by atoms with Gasteiger partial charge in [-0.15, -0.1) is 11.3 Å². The Balaban J connectivity index is 1.74. The Bertz CT molecular complexity index is 1120. The van der Waals surface area contributed by atoms with E-state index >= 15 is 0 Å². The van der Waals surface area contributed by atoms with Crippen LogP contribution in [0.1, 0.15) is 39.5 Å². The number of benzene rings is 1. The number of aromatic nitrogens is 1.